The summed E-state index contributed by atoms with van der Waals surface area (Å²) in [6, 6.07) is 13.6. The van der Waals surface area contributed by atoms with Crippen LogP contribution in [-0.4, -0.2) is 52.6 Å². The van der Waals surface area contributed by atoms with Crippen LogP contribution in [0.5, 0.6) is 0 Å². The van der Waals surface area contributed by atoms with Gasteiger partial charge in [-0.2, -0.15) is 0 Å². The fourth-order valence-electron chi connectivity index (χ4n) is 2.89. The summed E-state index contributed by atoms with van der Waals surface area (Å²) in [6.07, 6.45) is 1.50. The molecule has 0 aliphatic carbocycles. The molecule has 1 aliphatic heterocycles. The van der Waals surface area contributed by atoms with Crippen LogP contribution in [0.2, 0.25) is 0 Å². The number of rotatable bonds is 5. The van der Waals surface area contributed by atoms with Crippen molar-refractivity contribution in [3.8, 4) is 11.3 Å². The minimum atomic E-state index is 0.0883. The molecule has 3 aromatic rings. The Labute approximate surface area is 156 Å². The lowest BCUT2D eigenvalue weighted by molar-refractivity contribution is -0.129. The number of piperazine rings is 1. The molecule has 1 saturated heterocycles. The molecule has 0 bridgehead atoms. The molecule has 3 heterocycles. The van der Waals surface area contributed by atoms with Crippen LogP contribution in [0.4, 0.5) is 11.6 Å². The van der Waals surface area contributed by atoms with Crippen molar-refractivity contribution in [2.45, 2.75) is 6.54 Å². The monoisotopic (exact) mass is 364 g/mol. The minimum Gasteiger partial charge on any atom is -0.364 e. The summed E-state index contributed by atoms with van der Waals surface area (Å²) >= 11 is 0. The Morgan fingerprint density at radius 2 is 2.00 bits per heavy atom. The van der Waals surface area contributed by atoms with Crippen LogP contribution in [0.1, 0.15) is 5.69 Å². The van der Waals surface area contributed by atoms with Crippen molar-refractivity contribution < 1.29 is 9.32 Å². The number of hydrogen-bond donors (Lipinski definition) is 1. The highest BCUT2D eigenvalue weighted by atomic mass is 16.5. The predicted molar refractivity (Wildman–Crippen MR) is 101 cm³/mol. The zero-order valence-electron chi connectivity index (χ0n) is 15.0. The highest BCUT2D eigenvalue weighted by molar-refractivity contribution is 5.82. The molecule has 8 heteroatoms. The van der Waals surface area contributed by atoms with Crippen molar-refractivity contribution in [1.82, 2.24) is 20.0 Å². The molecule has 1 N–H and O–H groups in total. The number of amides is 1. The Kier molecular flexibility index (Phi) is 4.69. The van der Waals surface area contributed by atoms with Gasteiger partial charge < -0.3 is 19.6 Å². The molecule has 1 aromatic carbocycles. The maximum atomic E-state index is 11.9. The van der Waals surface area contributed by atoms with Crippen molar-refractivity contribution >= 4 is 17.5 Å². The lowest BCUT2D eigenvalue weighted by Gasteiger charge is -2.32. The van der Waals surface area contributed by atoms with E-state index < -0.39 is 0 Å². The standard InChI is InChI=1S/C19H20N6O2/c1-24-7-8-25(12-19(24)26)18-10-17(21-13-22-18)20-11-15-9-16(27-23-15)14-5-3-2-4-6-14/h2-6,9-10,13H,7-8,11-12H2,1H3,(H,20,21,22). The van der Waals surface area contributed by atoms with Gasteiger partial charge in [-0.1, -0.05) is 35.5 Å². The minimum absolute atomic E-state index is 0.0883. The maximum Gasteiger partial charge on any atom is 0.241 e. The second-order valence-corrected chi connectivity index (χ2v) is 6.40. The van der Waals surface area contributed by atoms with Crippen LogP contribution < -0.4 is 10.2 Å². The molecule has 0 radical (unpaired) electrons. The van der Waals surface area contributed by atoms with Gasteiger partial charge in [0.1, 0.15) is 23.7 Å². The fourth-order valence-corrected chi connectivity index (χ4v) is 2.89. The van der Waals surface area contributed by atoms with Crippen molar-refractivity contribution in [1.29, 1.82) is 0 Å². The number of hydrogen-bond acceptors (Lipinski definition) is 7. The van der Waals surface area contributed by atoms with Gasteiger partial charge in [0.05, 0.1) is 13.1 Å². The Balaban J connectivity index is 1.41. The second kappa shape index (κ2) is 7.45. The molecular weight excluding hydrogens is 344 g/mol. The van der Waals surface area contributed by atoms with E-state index in [2.05, 4.69) is 20.4 Å². The van der Waals surface area contributed by atoms with Gasteiger partial charge in [-0.15, -0.1) is 0 Å². The molecule has 2 aromatic heterocycles. The van der Waals surface area contributed by atoms with Crippen LogP contribution in [-0.2, 0) is 11.3 Å². The van der Waals surface area contributed by atoms with E-state index in [1.165, 1.54) is 6.33 Å². The van der Waals surface area contributed by atoms with Crippen LogP contribution in [0.15, 0.2) is 53.3 Å². The number of nitrogens with one attached hydrogen (secondary N) is 1. The summed E-state index contributed by atoms with van der Waals surface area (Å²) in [6.45, 7) is 2.25. The van der Waals surface area contributed by atoms with Gasteiger partial charge in [0, 0.05) is 37.8 Å². The highest BCUT2D eigenvalue weighted by Crippen LogP contribution is 2.21. The molecule has 1 amide bonds. The Morgan fingerprint density at radius 3 is 2.81 bits per heavy atom. The number of nitrogens with zero attached hydrogens (tertiary/aromatic N) is 5. The zero-order valence-corrected chi connectivity index (χ0v) is 15.0. The smallest absolute Gasteiger partial charge is 0.241 e. The molecule has 1 fully saturated rings. The van der Waals surface area contributed by atoms with Crippen molar-refractivity contribution in [3.05, 3.63) is 54.5 Å². The number of anilines is 2. The van der Waals surface area contributed by atoms with Crippen LogP contribution in [0.25, 0.3) is 11.3 Å². The summed E-state index contributed by atoms with van der Waals surface area (Å²) in [5, 5.41) is 7.33. The maximum absolute atomic E-state index is 11.9. The first-order valence-corrected chi connectivity index (χ1v) is 8.75. The number of carbonyl (C=O) groups is 1. The average Bonchev–Trinajstić information content (AvgIpc) is 3.18. The number of likely N-dealkylation sites (N-methyl/N-ethyl adjacent to an activating group) is 1. The third-order valence-electron chi connectivity index (χ3n) is 4.50. The topological polar surface area (TPSA) is 87.4 Å². The first-order valence-electron chi connectivity index (χ1n) is 8.75. The lowest BCUT2D eigenvalue weighted by Crippen LogP contribution is -2.48. The van der Waals surface area contributed by atoms with E-state index in [0.717, 1.165) is 29.4 Å². The Bertz CT molecular complexity index is 927. The first kappa shape index (κ1) is 17.0. The Morgan fingerprint density at radius 1 is 1.15 bits per heavy atom. The normalized spacial score (nSPS) is 14.5. The van der Waals surface area contributed by atoms with Gasteiger partial charge in [0.2, 0.25) is 5.91 Å². The van der Waals surface area contributed by atoms with E-state index in [4.69, 9.17) is 4.52 Å². The predicted octanol–water partition coefficient (Wildman–Crippen LogP) is 2.02. The second-order valence-electron chi connectivity index (χ2n) is 6.40. The van der Waals surface area contributed by atoms with Crippen LogP contribution in [0, 0.1) is 0 Å². The molecule has 0 saturated carbocycles. The van der Waals surface area contributed by atoms with E-state index in [-0.39, 0.29) is 5.91 Å². The van der Waals surface area contributed by atoms with Crippen molar-refractivity contribution in [2.24, 2.45) is 0 Å². The third-order valence-corrected chi connectivity index (χ3v) is 4.50. The molecule has 0 atom stereocenters. The SMILES string of the molecule is CN1CCN(c2cc(NCc3cc(-c4ccccc4)on3)ncn2)CC1=O. The molecular formula is C19H20N6O2. The fraction of sp³-hybridized carbons (Fsp3) is 0.263. The van der Waals surface area contributed by atoms with Gasteiger partial charge in [-0.3, -0.25) is 4.79 Å². The van der Waals surface area contributed by atoms with Gasteiger partial charge in [-0.25, -0.2) is 9.97 Å². The quantitative estimate of drug-likeness (QED) is 0.741. The average molecular weight is 364 g/mol. The number of benzene rings is 1. The lowest BCUT2D eigenvalue weighted by atomic mass is 10.2. The van der Waals surface area contributed by atoms with Gasteiger partial charge in [0.25, 0.3) is 0 Å². The molecule has 27 heavy (non-hydrogen) atoms. The Hall–Kier alpha value is -3.42. The summed E-state index contributed by atoms with van der Waals surface area (Å²) in [4.78, 5) is 24.1. The van der Waals surface area contributed by atoms with E-state index >= 15 is 0 Å². The van der Waals surface area contributed by atoms with Gasteiger partial charge in [0.15, 0.2) is 5.76 Å². The zero-order chi connectivity index (χ0) is 18.6. The summed E-state index contributed by atoms with van der Waals surface area (Å²) in [7, 11) is 1.81. The molecule has 0 spiro atoms. The highest BCUT2D eigenvalue weighted by Gasteiger charge is 2.22. The van der Waals surface area contributed by atoms with E-state index in [9.17, 15) is 4.79 Å². The number of aromatic nitrogens is 3. The van der Waals surface area contributed by atoms with Gasteiger partial charge in [-0.05, 0) is 0 Å². The third kappa shape index (κ3) is 3.89. The van der Waals surface area contributed by atoms with E-state index in [1.807, 2.05) is 54.4 Å². The molecule has 0 unspecified atom stereocenters. The van der Waals surface area contributed by atoms with Crippen molar-refractivity contribution in [3.63, 3.8) is 0 Å². The summed E-state index contributed by atoms with van der Waals surface area (Å²) in [5.41, 5.74) is 1.77. The molecule has 8 nitrogen and oxygen atoms in total. The first-order chi connectivity index (χ1) is 13.2. The molecule has 4 rings (SSSR count). The van der Waals surface area contributed by atoms with E-state index in [1.54, 1.807) is 4.90 Å². The largest absolute Gasteiger partial charge is 0.364 e. The van der Waals surface area contributed by atoms with E-state index in [0.29, 0.717) is 25.5 Å². The molecule has 138 valence electrons. The van der Waals surface area contributed by atoms with Crippen LogP contribution in [0.3, 0.4) is 0 Å². The van der Waals surface area contributed by atoms with Crippen LogP contribution >= 0.6 is 0 Å². The summed E-state index contributed by atoms with van der Waals surface area (Å²) < 4.78 is 5.41. The van der Waals surface area contributed by atoms with Gasteiger partial charge >= 0.3 is 0 Å². The van der Waals surface area contributed by atoms with Crippen molar-refractivity contribution in [2.75, 3.05) is 36.9 Å². The number of carbonyl (C=O) groups excluding carboxylic acids is 1. The summed E-state index contributed by atoms with van der Waals surface area (Å²) in [5.74, 6) is 2.23. The molecule has 1 aliphatic rings.